The maximum absolute atomic E-state index is 14.2. The SMILES string of the molecule is COc1ccc2c(OC3CC4C(=O)NC5(C(=O)NS(=O)(=O)C6CC6)CC5C=CCCCCOC(C)C(=O)N4C3)cc(-c3ccnn3C)nc2c1C. The van der Waals surface area contributed by atoms with Gasteiger partial charge in [0.2, 0.25) is 15.9 Å². The molecular formula is C36H44N6O8S. The van der Waals surface area contributed by atoms with Crippen LogP contribution < -0.4 is 19.5 Å². The topological polar surface area (TPSA) is 171 Å². The molecule has 3 amide bonds. The first-order valence-corrected chi connectivity index (χ1v) is 19.1. The van der Waals surface area contributed by atoms with Crippen molar-refractivity contribution in [1.82, 2.24) is 29.7 Å². The molecule has 4 heterocycles. The minimum atomic E-state index is -3.85. The van der Waals surface area contributed by atoms with Gasteiger partial charge in [0, 0.05) is 49.2 Å². The van der Waals surface area contributed by atoms with Crippen molar-refractivity contribution in [3.8, 4) is 22.9 Å². The van der Waals surface area contributed by atoms with Gasteiger partial charge in [0.1, 0.15) is 35.3 Å². The average Bonchev–Trinajstić information content (AvgIpc) is 3.99. The van der Waals surface area contributed by atoms with Crippen LogP contribution in [0.2, 0.25) is 0 Å². The summed E-state index contributed by atoms with van der Waals surface area (Å²) in [5.41, 5.74) is 1.45. The van der Waals surface area contributed by atoms with Crippen LogP contribution in [-0.4, -0.2) is 95.1 Å². The number of aryl methyl sites for hydroxylation is 2. The summed E-state index contributed by atoms with van der Waals surface area (Å²) in [7, 11) is -0.426. The fourth-order valence-electron chi connectivity index (χ4n) is 7.17. The number of hydrogen-bond donors (Lipinski definition) is 2. The number of fused-ring (bicyclic) bond motifs is 3. The molecule has 51 heavy (non-hydrogen) atoms. The van der Waals surface area contributed by atoms with E-state index >= 15 is 0 Å². The number of ether oxygens (including phenoxy) is 3. The lowest BCUT2D eigenvalue weighted by atomic mass is 10.1. The Balaban J connectivity index is 1.21. The second-order valence-electron chi connectivity index (χ2n) is 14.0. The maximum atomic E-state index is 14.2. The highest BCUT2D eigenvalue weighted by molar-refractivity contribution is 7.91. The molecule has 1 aromatic carbocycles. The van der Waals surface area contributed by atoms with Crippen molar-refractivity contribution in [1.29, 1.82) is 0 Å². The fourth-order valence-corrected chi connectivity index (χ4v) is 8.53. The summed E-state index contributed by atoms with van der Waals surface area (Å²) < 4.78 is 47.7. The van der Waals surface area contributed by atoms with E-state index in [9.17, 15) is 22.8 Å². The summed E-state index contributed by atoms with van der Waals surface area (Å²) in [5, 5.41) is 7.34. The third-order valence-electron chi connectivity index (χ3n) is 10.4. The van der Waals surface area contributed by atoms with Crippen molar-refractivity contribution in [2.75, 3.05) is 20.3 Å². The Morgan fingerprint density at radius 1 is 1.16 bits per heavy atom. The summed E-state index contributed by atoms with van der Waals surface area (Å²) in [5.74, 6) is -0.877. The van der Waals surface area contributed by atoms with E-state index in [0.29, 0.717) is 42.2 Å². The van der Waals surface area contributed by atoms with Gasteiger partial charge in [0.05, 0.1) is 35.8 Å². The Labute approximate surface area is 296 Å². The van der Waals surface area contributed by atoms with E-state index in [0.717, 1.165) is 35.9 Å². The second-order valence-corrected chi connectivity index (χ2v) is 16.0. The zero-order valence-electron chi connectivity index (χ0n) is 29.3. The molecule has 4 aliphatic rings. The zero-order chi connectivity index (χ0) is 36.1. The van der Waals surface area contributed by atoms with E-state index < -0.39 is 50.9 Å². The maximum Gasteiger partial charge on any atom is 0.259 e. The minimum Gasteiger partial charge on any atom is -0.496 e. The molecule has 0 spiro atoms. The number of pyridine rings is 1. The van der Waals surface area contributed by atoms with E-state index in [1.165, 1.54) is 4.90 Å². The Kier molecular flexibility index (Phi) is 9.29. The smallest absolute Gasteiger partial charge is 0.259 e. The van der Waals surface area contributed by atoms with Crippen molar-refractivity contribution in [3.05, 3.63) is 48.2 Å². The first-order chi connectivity index (χ1) is 24.4. The van der Waals surface area contributed by atoms with Crippen molar-refractivity contribution >= 4 is 38.6 Å². The lowest BCUT2D eigenvalue weighted by Crippen LogP contribution is -2.57. The van der Waals surface area contributed by atoms with Crippen LogP contribution in [0.4, 0.5) is 0 Å². The normalized spacial score (nSPS) is 27.2. The van der Waals surface area contributed by atoms with Gasteiger partial charge in [-0.3, -0.25) is 23.8 Å². The second kappa shape index (κ2) is 13.6. The Hall–Kier alpha value is -4.50. The molecule has 15 heteroatoms. The number of carbonyl (C=O) groups is 3. The number of allylic oxidation sites excluding steroid dienone is 1. The number of methoxy groups -OCH3 is 1. The zero-order valence-corrected chi connectivity index (χ0v) is 30.1. The molecule has 2 N–H and O–H groups in total. The Morgan fingerprint density at radius 3 is 2.69 bits per heavy atom. The highest BCUT2D eigenvalue weighted by atomic mass is 32.2. The van der Waals surface area contributed by atoms with Crippen LogP contribution in [0, 0.1) is 12.8 Å². The Morgan fingerprint density at radius 2 is 1.96 bits per heavy atom. The largest absolute Gasteiger partial charge is 0.496 e. The number of carbonyl (C=O) groups excluding carboxylic acids is 3. The predicted molar refractivity (Wildman–Crippen MR) is 187 cm³/mol. The van der Waals surface area contributed by atoms with Gasteiger partial charge < -0.3 is 24.4 Å². The van der Waals surface area contributed by atoms with Gasteiger partial charge in [-0.2, -0.15) is 5.10 Å². The van der Waals surface area contributed by atoms with Gasteiger partial charge in [0.15, 0.2) is 0 Å². The molecule has 1 saturated heterocycles. The number of benzene rings is 1. The minimum absolute atomic E-state index is 0.0865. The average molecular weight is 721 g/mol. The molecule has 0 bridgehead atoms. The van der Waals surface area contributed by atoms with Gasteiger partial charge in [0.25, 0.3) is 11.8 Å². The molecular weight excluding hydrogens is 676 g/mol. The van der Waals surface area contributed by atoms with Gasteiger partial charge in [-0.25, -0.2) is 13.4 Å². The van der Waals surface area contributed by atoms with E-state index in [1.807, 2.05) is 50.4 Å². The van der Waals surface area contributed by atoms with Crippen molar-refractivity contribution < 1.29 is 37.0 Å². The number of nitrogens with zero attached hydrogens (tertiary/aromatic N) is 4. The first kappa shape index (κ1) is 34.9. The molecule has 5 unspecified atom stereocenters. The third kappa shape index (κ3) is 6.80. The number of amides is 3. The van der Waals surface area contributed by atoms with Crippen LogP contribution in [0.1, 0.15) is 57.4 Å². The van der Waals surface area contributed by atoms with Crippen LogP contribution in [0.3, 0.4) is 0 Å². The molecule has 2 aliphatic heterocycles. The highest BCUT2D eigenvalue weighted by Gasteiger charge is 2.62. The third-order valence-corrected chi connectivity index (χ3v) is 12.2. The molecule has 2 aliphatic carbocycles. The standard InChI is InChI=1S/C36H44N6O8S/c1-21-30(48-4)13-12-26-31(18-27(38-32(21)26)28-14-15-37-41(28)3)50-24-17-29-33(43)39-36(35(45)40-51(46,47)25-10-11-25)19-23(36)9-7-5-6-8-16-49-22(2)34(44)42(29)20-24/h7,9,12-15,18,22-25,29H,5-6,8,10-11,16-17,19-20H2,1-4H3,(H,39,43)(H,40,45). The molecule has 0 radical (unpaired) electrons. The predicted octanol–water partition coefficient (Wildman–Crippen LogP) is 2.93. The van der Waals surface area contributed by atoms with Crippen LogP contribution in [0.25, 0.3) is 22.3 Å². The summed E-state index contributed by atoms with van der Waals surface area (Å²) in [6.45, 7) is 4.06. The lowest BCUT2D eigenvalue weighted by molar-refractivity contribution is -0.147. The molecule has 2 aromatic heterocycles. The van der Waals surface area contributed by atoms with E-state index in [4.69, 9.17) is 19.2 Å². The van der Waals surface area contributed by atoms with Gasteiger partial charge >= 0.3 is 0 Å². The van der Waals surface area contributed by atoms with Crippen LogP contribution in [0.5, 0.6) is 11.5 Å². The summed E-state index contributed by atoms with van der Waals surface area (Å²) in [6, 6.07) is 6.40. The van der Waals surface area contributed by atoms with Crippen LogP contribution in [0.15, 0.2) is 42.6 Å². The van der Waals surface area contributed by atoms with Gasteiger partial charge in [-0.05, 0) is 70.6 Å². The lowest BCUT2D eigenvalue weighted by Gasteiger charge is -2.28. The summed E-state index contributed by atoms with van der Waals surface area (Å²) in [4.78, 5) is 48.2. The molecule has 7 rings (SSSR count). The van der Waals surface area contributed by atoms with Gasteiger partial charge in [-0.15, -0.1) is 0 Å². The summed E-state index contributed by atoms with van der Waals surface area (Å²) >= 11 is 0. The highest BCUT2D eigenvalue weighted by Crippen LogP contribution is 2.46. The molecule has 3 fully saturated rings. The van der Waals surface area contributed by atoms with E-state index in [1.54, 1.807) is 24.9 Å². The first-order valence-electron chi connectivity index (χ1n) is 17.5. The molecule has 2 saturated carbocycles. The number of nitrogens with one attached hydrogen (secondary N) is 2. The van der Waals surface area contributed by atoms with Gasteiger partial charge in [-0.1, -0.05) is 12.2 Å². The van der Waals surface area contributed by atoms with Crippen molar-refractivity contribution in [3.63, 3.8) is 0 Å². The van der Waals surface area contributed by atoms with Crippen molar-refractivity contribution in [2.24, 2.45) is 13.0 Å². The number of rotatable bonds is 7. The monoisotopic (exact) mass is 720 g/mol. The Bertz CT molecular complexity index is 2010. The van der Waals surface area contributed by atoms with Crippen LogP contribution in [-0.2, 0) is 36.2 Å². The number of hydrogen-bond acceptors (Lipinski definition) is 10. The quantitative estimate of drug-likeness (QED) is 0.346. The molecule has 3 aromatic rings. The number of sulfonamides is 1. The van der Waals surface area contributed by atoms with Crippen molar-refractivity contribution in [2.45, 2.75) is 87.8 Å². The van der Waals surface area contributed by atoms with Crippen LogP contribution >= 0.6 is 0 Å². The van der Waals surface area contributed by atoms with E-state index in [2.05, 4.69) is 15.1 Å². The number of aromatic nitrogens is 3. The summed E-state index contributed by atoms with van der Waals surface area (Å²) in [6.07, 6.45) is 7.71. The van der Waals surface area contributed by atoms with E-state index in [-0.39, 0.29) is 31.2 Å². The molecule has 272 valence electrons. The fraction of sp³-hybridized carbons (Fsp3) is 0.528. The molecule has 5 atom stereocenters. The molecule has 14 nitrogen and oxygen atoms in total.